The molecular formula is C19H19ClN2. The molecule has 0 bridgehead atoms. The van der Waals surface area contributed by atoms with Gasteiger partial charge in [-0.1, -0.05) is 73.5 Å². The predicted octanol–water partition coefficient (Wildman–Crippen LogP) is 5.80. The summed E-state index contributed by atoms with van der Waals surface area (Å²) >= 11 is 6.28. The lowest BCUT2D eigenvalue weighted by atomic mass is 10.0. The van der Waals surface area contributed by atoms with Crippen LogP contribution in [0.1, 0.15) is 19.4 Å². The zero-order valence-electron chi connectivity index (χ0n) is 13.0. The van der Waals surface area contributed by atoms with E-state index < -0.39 is 0 Å². The van der Waals surface area contributed by atoms with E-state index in [0.717, 1.165) is 22.5 Å². The lowest BCUT2D eigenvalue weighted by molar-refractivity contribution is 1.21. The highest BCUT2D eigenvalue weighted by atomic mass is 35.5. The first kappa shape index (κ1) is 16.2. The molecule has 0 aliphatic heterocycles. The van der Waals surface area contributed by atoms with Gasteiger partial charge >= 0.3 is 0 Å². The smallest absolute Gasteiger partial charge is 0.0980 e. The van der Waals surface area contributed by atoms with E-state index in [1.807, 2.05) is 38.1 Å². The fourth-order valence-electron chi connectivity index (χ4n) is 2.11. The van der Waals surface area contributed by atoms with Crippen LogP contribution in [0.15, 0.2) is 60.9 Å². The summed E-state index contributed by atoms with van der Waals surface area (Å²) in [5.74, 6) is 0. The zero-order valence-corrected chi connectivity index (χ0v) is 13.8. The van der Waals surface area contributed by atoms with Crippen molar-refractivity contribution in [1.29, 1.82) is 0 Å². The second kappa shape index (κ2) is 7.71. The molecule has 3 rings (SSSR count). The van der Waals surface area contributed by atoms with Gasteiger partial charge in [-0.2, -0.15) is 0 Å². The van der Waals surface area contributed by atoms with Crippen molar-refractivity contribution in [3.05, 3.63) is 71.5 Å². The highest BCUT2D eigenvalue weighted by Gasteiger charge is 2.12. The van der Waals surface area contributed by atoms with E-state index >= 15 is 0 Å². The van der Waals surface area contributed by atoms with E-state index in [-0.39, 0.29) is 0 Å². The zero-order chi connectivity index (χ0) is 15.9. The van der Waals surface area contributed by atoms with Crippen molar-refractivity contribution in [2.45, 2.75) is 20.8 Å². The molecule has 0 saturated carbocycles. The minimum Gasteiger partial charge on any atom is -0.252 e. The lowest BCUT2D eigenvalue weighted by Crippen LogP contribution is -1.93. The van der Waals surface area contributed by atoms with Gasteiger partial charge in [-0.3, -0.25) is 9.97 Å². The van der Waals surface area contributed by atoms with Crippen LogP contribution in [0.2, 0.25) is 5.02 Å². The maximum absolute atomic E-state index is 6.28. The Kier molecular flexibility index (Phi) is 5.68. The molecule has 0 atom stereocenters. The van der Waals surface area contributed by atoms with Crippen molar-refractivity contribution < 1.29 is 0 Å². The molecule has 2 nitrogen and oxygen atoms in total. The molecule has 2 aromatic carbocycles. The topological polar surface area (TPSA) is 25.8 Å². The Morgan fingerprint density at radius 2 is 1.36 bits per heavy atom. The van der Waals surface area contributed by atoms with Gasteiger partial charge in [0.2, 0.25) is 0 Å². The minimum atomic E-state index is 0.682. The molecule has 112 valence electrons. The molecule has 22 heavy (non-hydrogen) atoms. The Morgan fingerprint density at radius 1 is 0.773 bits per heavy atom. The first-order valence-electron chi connectivity index (χ1n) is 7.38. The minimum absolute atomic E-state index is 0.682. The van der Waals surface area contributed by atoms with Gasteiger partial charge < -0.3 is 0 Å². The van der Waals surface area contributed by atoms with Crippen molar-refractivity contribution in [1.82, 2.24) is 9.97 Å². The number of aryl methyl sites for hydroxylation is 1. The van der Waals surface area contributed by atoms with Crippen LogP contribution >= 0.6 is 11.6 Å². The Bertz CT molecular complexity index is 736. The average Bonchev–Trinajstić information content (AvgIpc) is 2.58. The molecule has 0 aliphatic rings. The summed E-state index contributed by atoms with van der Waals surface area (Å²) in [6.07, 6.45) is 3.39. The van der Waals surface area contributed by atoms with Crippen molar-refractivity contribution >= 4 is 11.6 Å². The van der Waals surface area contributed by atoms with Gasteiger partial charge in [-0.05, 0) is 13.0 Å². The molecule has 0 saturated heterocycles. The Morgan fingerprint density at radius 3 is 2.00 bits per heavy atom. The molecule has 0 amide bonds. The second-order valence-electron chi connectivity index (χ2n) is 4.60. The molecule has 0 unspecified atom stereocenters. The van der Waals surface area contributed by atoms with E-state index in [4.69, 9.17) is 11.6 Å². The highest BCUT2D eigenvalue weighted by molar-refractivity contribution is 6.33. The summed E-state index contributed by atoms with van der Waals surface area (Å²) < 4.78 is 0. The first-order valence-corrected chi connectivity index (χ1v) is 7.76. The summed E-state index contributed by atoms with van der Waals surface area (Å²) in [7, 11) is 0. The van der Waals surface area contributed by atoms with Crippen LogP contribution in [0.3, 0.4) is 0 Å². The van der Waals surface area contributed by atoms with Crippen LogP contribution < -0.4 is 0 Å². The van der Waals surface area contributed by atoms with Gasteiger partial charge in [0.05, 0.1) is 16.4 Å². The Labute approximate surface area is 136 Å². The molecule has 0 N–H and O–H groups in total. The number of halogens is 1. The quantitative estimate of drug-likeness (QED) is 0.598. The third-order valence-electron chi connectivity index (χ3n) is 3.15. The number of hydrogen-bond donors (Lipinski definition) is 0. The third-order valence-corrected chi connectivity index (χ3v) is 3.48. The maximum atomic E-state index is 6.28. The summed E-state index contributed by atoms with van der Waals surface area (Å²) in [4.78, 5) is 8.94. The standard InChI is InChI=1S/C17H13ClN2.C2H6/c1-12-6-8-13(9-7-12)16-17(20-11-10-19-16)14-4-2-3-5-15(14)18;1-2/h2-11H,1H3;1-2H3. The van der Waals surface area contributed by atoms with Gasteiger partial charge in [0, 0.05) is 23.5 Å². The van der Waals surface area contributed by atoms with Gasteiger partial charge in [-0.15, -0.1) is 0 Å². The lowest BCUT2D eigenvalue weighted by Gasteiger charge is -2.09. The van der Waals surface area contributed by atoms with Gasteiger partial charge in [-0.25, -0.2) is 0 Å². The first-order chi connectivity index (χ1) is 10.8. The van der Waals surface area contributed by atoms with Gasteiger partial charge in [0.1, 0.15) is 0 Å². The normalized spacial score (nSPS) is 9.82. The third kappa shape index (κ3) is 3.52. The maximum Gasteiger partial charge on any atom is 0.0980 e. The summed E-state index contributed by atoms with van der Waals surface area (Å²) in [5, 5.41) is 0.682. The van der Waals surface area contributed by atoms with Crippen molar-refractivity contribution in [3.63, 3.8) is 0 Å². The molecule has 0 aliphatic carbocycles. The van der Waals surface area contributed by atoms with Crippen LogP contribution in [0.4, 0.5) is 0 Å². The number of aromatic nitrogens is 2. The molecule has 3 aromatic rings. The summed E-state index contributed by atoms with van der Waals surface area (Å²) in [6, 6.07) is 15.9. The predicted molar refractivity (Wildman–Crippen MR) is 94.0 cm³/mol. The van der Waals surface area contributed by atoms with Crippen LogP contribution in [-0.4, -0.2) is 9.97 Å². The molecule has 0 fully saturated rings. The van der Waals surface area contributed by atoms with Crippen molar-refractivity contribution in [2.75, 3.05) is 0 Å². The van der Waals surface area contributed by atoms with E-state index in [0.29, 0.717) is 5.02 Å². The Balaban J connectivity index is 0.000000847. The average molecular weight is 311 g/mol. The van der Waals surface area contributed by atoms with Crippen LogP contribution in [0.5, 0.6) is 0 Å². The summed E-state index contributed by atoms with van der Waals surface area (Å²) in [6.45, 7) is 6.06. The Hall–Kier alpha value is -2.19. The SMILES string of the molecule is CC.Cc1ccc(-c2nccnc2-c2ccccc2Cl)cc1. The molecule has 0 radical (unpaired) electrons. The number of rotatable bonds is 2. The monoisotopic (exact) mass is 310 g/mol. The second-order valence-corrected chi connectivity index (χ2v) is 5.01. The molecule has 1 aromatic heterocycles. The van der Waals surface area contributed by atoms with E-state index in [1.54, 1.807) is 12.4 Å². The fourth-order valence-corrected chi connectivity index (χ4v) is 2.34. The summed E-state index contributed by atoms with van der Waals surface area (Å²) in [5.41, 5.74) is 4.82. The number of nitrogens with zero attached hydrogens (tertiary/aromatic N) is 2. The van der Waals surface area contributed by atoms with Crippen LogP contribution in [0.25, 0.3) is 22.5 Å². The largest absolute Gasteiger partial charge is 0.252 e. The molecule has 1 heterocycles. The number of hydrogen-bond acceptors (Lipinski definition) is 2. The van der Waals surface area contributed by atoms with Crippen LogP contribution in [-0.2, 0) is 0 Å². The van der Waals surface area contributed by atoms with Crippen molar-refractivity contribution in [3.8, 4) is 22.5 Å². The van der Waals surface area contributed by atoms with E-state index in [2.05, 4.69) is 41.2 Å². The fraction of sp³-hybridized carbons (Fsp3) is 0.158. The molecule has 0 spiro atoms. The van der Waals surface area contributed by atoms with E-state index in [1.165, 1.54) is 5.56 Å². The van der Waals surface area contributed by atoms with E-state index in [9.17, 15) is 0 Å². The van der Waals surface area contributed by atoms with Crippen LogP contribution in [0, 0.1) is 6.92 Å². The molecule has 3 heteroatoms. The highest BCUT2D eigenvalue weighted by Crippen LogP contribution is 2.32. The van der Waals surface area contributed by atoms with Gasteiger partial charge in [0.15, 0.2) is 0 Å². The molecular weight excluding hydrogens is 292 g/mol. The number of benzene rings is 2. The van der Waals surface area contributed by atoms with Gasteiger partial charge in [0.25, 0.3) is 0 Å². The van der Waals surface area contributed by atoms with Crippen molar-refractivity contribution in [2.24, 2.45) is 0 Å².